The van der Waals surface area contributed by atoms with Gasteiger partial charge in [0.25, 0.3) is 20.2 Å². The van der Waals surface area contributed by atoms with E-state index in [-0.39, 0.29) is 70.2 Å². The summed E-state index contributed by atoms with van der Waals surface area (Å²) in [5.74, 6) is -0.947. The van der Waals surface area contributed by atoms with E-state index in [1.165, 1.54) is 12.4 Å². The van der Waals surface area contributed by atoms with E-state index >= 15 is 0 Å². The summed E-state index contributed by atoms with van der Waals surface area (Å²) in [4.78, 5) is 8.32. The molecular formula is C22H24N2Na2O8S2. The van der Waals surface area contributed by atoms with Crippen LogP contribution in [0, 0.1) is 0 Å². The Morgan fingerprint density at radius 3 is 1.39 bits per heavy atom. The number of aliphatic imine (C=N–C) groups is 2. The van der Waals surface area contributed by atoms with Crippen LogP contribution in [0.3, 0.4) is 0 Å². The molecule has 14 heteroatoms. The van der Waals surface area contributed by atoms with Crippen molar-refractivity contribution in [2.75, 3.05) is 0 Å². The summed E-state index contributed by atoms with van der Waals surface area (Å²) < 4.78 is 64.2. The molecule has 36 heavy (non-hydrogen) atoms. The third kappa shape index (κ3) is 7.62. The predicted molar refractivity (Wildman–Crippen MR) is 122 cm³/mol. The minimum absolute atomic E-state index is 0. The Kier molecular flexibility index (Phi) is 11.4. The van der Waals surface area contributed by atoms with E-state index in [9.17, 15) is 36.2 Å². The maximum absolute atomic E-state index is 12.2. The van der Waals surface area contributed by atoms with Gasteiger partial charge in [-0.05, 0) is 62.1 Å². The predicted octanol–water partition coefficient (Wildman–Crippen LogP) is -4.04. The summed E-state index contributed by atoms with van der Waals surface area (Å²) in [6.07, 6.45) is 5.32. The van der Waals surface area contributed by atoms with Crippen LogP contribution >= 0.6 is 0 Å². The monoisotopic (exact) mass is 554 g/mol. The largest absolute Gasteiger partial charge is 1.00 e. The van der Waals surface area contributed by atoms with E-state index in [0.29, 0.717) is 12.8 Å². The third-order valence-electron chi connectivity index (χ3n) is 6.27. The molecule has 0 bridgehead atoms. The molecule has 2 N–H and O–H groups in total. The molecule has 2 atom stereocenters. The Hall–Kier alpha value is -0.800. The molecule has 1 saturated carbocycles. The number of nitrogens with zero attached hydrogens (tertiary/aromatic N) is 2. The van der Waals surface area contributed by atoms with E-state index in [4.69, 9.17) is 0 Å². The SMILES string of the molecule is C[C@@]1(N=Cc2cc(S(=O)(=O)O)ccc2[O-])CCCC[C@@]1(C)N=Cc1cc(S(=O)(=O)O)ccc1[O-].[Na+].[Na+]. The molecule has 2 aromatic rings. The molecule has 0 aromatic heterocycles. The van der Waals surface area contributed by atoms with Gasteiger partial charge in [-0.15, -0.1) is 0 Å². The summed E-state index contributed by atoms with van der Waals surface area (Å²) in [7, 11) is -8.99. The molecule has 0 aliphatic heterocycles. The van der Waals surface area contributed by atoms with Crippen LogP contribution in [0.1, 0.15) is 50.7 Å². The van der Waals surface area contributed by atoms with Gasteiger partial charge in [0.05, 0.1) is 20.9 Å². The van der Waals surface area contributed by atoms with Crippen molar-refractivity contribution in [3.05, 3.63) is 47.5 Å². The van der Waals surface area contributed by atoms with E-state index in [2.05, 4.69) is 9.98 Å². The summed E-state index contributed by atoms with van der Waals surface area (Å²) in [6, 6.07) is 6.16. The zero-order valence-corrected chi connectivity index (χ0v) is 26.1. The van der Waals surface area contributed by atoms with Crippen molar-refractivity contribution in [3.8, 4) is 11.5 Å². The molecule has 0 spiro atoms. The number of hydrogen-bond acceptors (Lipinski definition) is 8. The Morgan fingerprint density at radius 2 is 1.08 bits per heavy atom. The van der Waals surface area contributed by atoms with E-state index in [0.717, 1.165) is 49.2 Å². The van der Waals surface area contributed by atoms with Gasteiger partial charge in [0, 0.05) is 12.4 Å². The fourth-order valence-electron chi connectivity index (χ4n) is 3.88. The quantitative estimate of drug-likeness (QED) is 0.206. The minimum atomic E-state index is -4.50. The second kappa shape index (κ2) is 12.4. The number of rotatable bonds is 6. The van der Waals surface area contributed by atoms with Gasteiger partial charge in [0.15, 0.2) is 0 Å². The molecule has 0 amide bonds. The fraction of sp³-hybridized carbons (Fsp3) is 0.364. The van der Waals surface area contributed by atoms with Gasteiger partial charge in [-0.25, -0.2) is 0 Å². The van der Waals surface area contributed by atoms with Crippen LogP contribution in [-0.2, 0) is 20.2 Å². The van der Waals surface area contributed by atoms with Crippen molar-refractivity contribution in [3.63, 3.8) is 0 Å². The van der Waals surface area contributed by atoms with Crippen molar-refractivity contribution in [1.29, 1.82) is 0 Å². The molecule has 1 aliphatic rings. The Morgan fingerprint density at radius 1 is 0.750 bits per heavy atom. The average Bonchev–Trinajstić information content (AvgIpc) is 2.73. The number of benzene rings is 2. The van der Waals surface area contributed by atoms with Crippen LogP contribution in [0.15, 0.2) is 56.2 Å². The minimum Gasteiger partial charge on any atom is -0.872 e. The van der Waals surface area contributed by atoms with E-state index in [1.54, 1.807) is 0 Å². The van der Waals surface area contributed by atoms with Gasteiger partial charge in [-0.1, -0.05) is 36.5 Å². The molecule has 1 fully saturated rings. The summed E-state index contributed by atoms with van der Waals surface area (Å²) in [5, 5.41) is 24.4. The molecule has 2 aromatic carbocycles. The Labute approximate surface area is 255 Å². The maximum atomic E-state index is 12.2. The van der Waals surface area contributed by atoms with Gasteiger partial charge < -0.3 is 10.2 Å². The first-order chi connectivity index (χ1) is 15.6. The molecule has 10 nitrogen and oxygen atoms in total. The van der Waals surface area contributed by atoms with E-state index < -0.39 is 52.6 Å². The van der Waals surface area contributed by atoms with Gasteiger partial charge in [0.2, 0.25) is 0 Å². The van der Waals surface area contributed by atoms with Crippen LogP contribution < -0.4 is 69.3 Å². The first kappa shape index (κ1) is 33.2. The fourth-order valence-corrected chi connectivity index (χ4v) is 4.92. The summed E-state index contributed by atoms with van der Waals surface area (Å²) >= 11 is 0. The molecule has 0 unspecified atom stereocenters. The molecular weight excluding hydrogens is 530 g/mol. The van der Waals surface area contributed by atoms with Crippen LogP contribution in [0.5, 0.6) is 11.5 Å². The maximum Gasteiger partial charge on any atom is 1.00 e. The van der Waals surface area contributed by atoms with Gasteiger partial charge in [-0.3, -0.25) is 19.1 Å². The first-order valence-corrected chi connectivity index (χ1v) is 13.2. The average molecular weight is 555 g/mol. The van der Waals surface area contributed by atoms with Crippen molar-refractivity contribution in [2.45, 2.75) is 60.4 Å². The Balaban J connectivity index is 0.00000324. The zero-order valence-electron chi connectivity index (χ0n) is 20.5. The second-order valence-corrected chi connectivity index (χ2v) is 11.5. The smallest absolute Gasteiger partial charge is 0.872 e. The normalized spacial score (nSPS) is 22.8. The van der Waals surface area contributed by atoms with Crippen LogP contribution in [0.2, 0.25) is 0 Å². The second-order valence-electron chi connectivity index (χ2n) is 8.62. The first-order valence-electron chi connectivity index (χ1n) is 10.3. The molecule has 0 saturated heterocycles. The topological polar surface area (TPSA) is 180 Å². The van der Waals surface area contributed by atoms with Crippen molar-refractivity contribution >= 4 is 32.7 Å². The Bertz CT molecular complexity index is 1270. The third-order valence-corrected chi connectivity index (χ3v) is 7.97. The van der Waals surface area contributed by atoms with Gasteiger partial charge in [-0.2, -0.15) is 16.8 Å². The standard InChI is InChI=1S/C22H26N2O8S2.2Na/c1-21(23-13-15-11-17(33(27,28)29)5-7-19(15)25)9-3-4-10-22(21,2)24-14-16-12-18(34(30,31)32)6-8-20(16)26;;/h5-8,11-14,25-26H,3-4,9-10H2,1-2H3,(H,27,28,29)(H,30,31,32);;/q;2*+1/p-2/t21-,22-;;/m1../s1. The molecule has 0 heterocycles. The zero-order chi connectivity index (χ0) is 25.4. The molecule has 184 valence electrons. The molecule has 3 rings (SSSR count). The van der Waals surface area contributed by atoms with Crippen LogP contribution in [0.25, 0.3) is 0 Å². The van der Waals surface area contributed by atoms with Gasteiger partial charge in [0.1, 0.15) is 0 Å². The summed E-state index contributed by atoms with van der Waals surface area (Å²) in [5.41, 5.74) is -1.72. The van der Waals surface area contributed by atoms with Gasteiger partial charge >= 0.3 is 59.1 Å². The number of hydrogen-bond donors (Lipinski definition) is 2. The van der Waals surface area contributed by atoms with Crippen LogP contribution in [-0.4, -0.2) is 49.4 Å². The summed E-state index contributed by atoms with van der Waals surface area (Å²) in [6.45, 7) is 3.65. The van der Waals surface area contributed by atoms with E-state index in [1.807, 2.05) is 13.8 Å². The van der Waals surface area contributed by atoms with Crippen molar-refractivity contribution in [1.82, 2.24) is 0 Å². The molecule has 1 aliphatic carbocycles. The molecule has 0 radical (unpaired) electrons. The van der Waals surface area contributed by atoms with Crippen LogP contribution in [0.4, 0.5) is 0 Å². The van der Waals surface area contributed by atoms with Crippen molar-refractivity contribution < 1.29 is 95.3 Å². The van der Waals surface area contributed by atoms with Crippen molar-refractivity contribution in [2.24, 2.45) is 9.98 Å².